The predicted molar refractivity (Wildman–Crippen MR) is 76.5 cm³/mol. The summed E-state index contributed by atoms with van der Waals surface area (Å²) in [4.78, 5) is 5.24. The van der Waals surface area contributed by atoms with Crippen LogP contribution in [0.15, 0.2) is 22.9 Å². The summed E-state index contributed by atoms with van der Waals surface area (Å²) >= 11 is 4.82. The van der Waals surface area contributed by atoms with Gasteiger partial charge in [0.25, 0.3) is 0 Å². The maximum Gasteiger partial charge on any atom is 0.0803 e. The van der Waals surface area contributed by atoms with Gasteiger partial charge in [0.2, 0.25) is 0 Å². The van der Waals surface area contributed by atoms with E-state index in [1.807, 2.05) is 12.3 Å². The number of pyridine rings is 1. The third-order valence-electron chi connectivity index (χ3n) is 2.63. The summed E-state index contributed by atoms with van der Waals surface area (Å²) < 4.78 is 4.98. The topological polar surface area (TPSA) is 64.7 Å². The Morgan fingerprint density at radius 1 is 1.44 bits per heavy atom. The fourth-order valence-corrected chi connectivity index (χ4v) is 2.93. The molecule has 1 unspecified atom stereocenters. The molecule has 2 N–H and O–H groups in total. The molecule has 2 rings (SSSR count). The Morgan fingerprint density at radius 2 is 2.28 bits per heavy atom. The van der Waals surface area contributed by atoms with E-state index in [1.165, 1.54) is 11.5 Å². The molecule has 0 fully saturated rings. The van der Waals surface area contributed by atoms with Crippen LogP contribution in [0.2, 0.25) is 0 Å². The second kappa shape index (κ2) is 6.36. The van der Waals surface area contributed by atoms with Gasteiger partial charge in [0.15, 0.2) is 0 Å². The Morgan fingerprint density at radius 3 is 3.00 bits per heavy atom. The van der Waals surface area contributed by atoms with E-state index < -0.39 is 0 Å². The van der Waals surface area contributed by atoms with Gasteiger partial charge in [-0.15, -0.1) is 5.10 Å². The molecule has 1 atom stereocenters. The number of nitrogens with two attached hydrogens (primary N) is 1. The Bertz CT molecular complexity index is 514. The van der Waals surface area contributed by atoms with Crippen molar-refractivity contribution in [2.24, 2.45) is 5.73 Å². The Balaban J connectivity index is 2.11. The van der Waals surface area contributed by atoms with Gasteiger partial charge in [0.05, 0.1) is 10.6 Å². The van der Waals surface area contributed by atoms with Crippen molar-refractivity contribution in [2.45, 2.75) is 32.2 Å². The van der Waals surface area contributed by atoms with Crippen LogP contribution in [0.4, 0.5) is 0 Å². The van der Waals surface area contributed by atoms with Crippen LogP contribution in [0.3, 0.4) is 0 Å². The molecule has 18 heavy (non-hydrogen) atoms. The molecular formula is C12H15BrN4S. The van der Waals surface area contributed by atoms with Crippen molar-refractivity contribution in [3.63, 3.8) is 0 Å². The quantitative estimate of drug-likeness (QED) is 0.917. The zero-order chi connectivity index (χ0) is 13.0. The van der Waals surface area contributed by atoms with Crippen LogP contribution in [0.5, 0.6) is 0 Å². The molecule has 0 aliphatic rings. The van der Waals surface area contributed by atoms with Gasteiger partial charge in [0.1, 0.15) is 0 Å². The number of aryl methyl sites for hydroxylation is 1. The lowest BCUT2D eigenvalue weighted by molar-refractivity contribution is 0.712. The summed E-state index contributed by atoms with van der Waals surface area (Å²) in [5.41, 5.74) is 8.40. The first-order valence-electron chi connectivity index (χ1n) is 5.86. The monoisotopic (exact) mass is 326 g/mol. The minimum Gasteiger partial charge on any atom is -0.323 e. The fraction of sp³-hybridized carbons (Fsp3) is 0.417. The molecule has 0 bridgehead atoms. The van der Waals surface area contributed by atoms with Crippen molar-refractivity contribution in [1.82, 2.24) is 14.6 Å². The van der Waals surface area contributed by atoms with E-state index in [0.29, 0.717) is 0 Å². The van der Waals surface area contributed by atoms with Gasteiger partial charge in [-0.1, -0.05) is 17.8 Å². The van der Waals surface area contributed by atoms with Crippen molar-refractivity contribution in [3.05, 3.63) is 39.1 Å². The summed E-state index contributed by atoms with van der Waals surface area (Å²) in [6, 6.07) is 1.99. The number of nitrogens with zero attached hydrogens (tertiary/aromatic N) is 3. The van der Waals surface area contributed by atoms with Gasteiger partial charge in [0, 0.05) is 22.9 Å². The summed E-state index contributed by atoms with van der Waals surface area (Å²) in [5.74, 6) is 0. The highest BCUT2D eigenvalue weighted by Crippen LogP contribution is 2.23. The highest BCUT2D eigenvalue weighted by Gasteiger charge is 2.15. The molecule has 0 aliphatic carbocycles. The number of aromatic nitrogens is 3. The van der Waals surface area contributed by atoms with Crippen LogP contribution in [0.25, 0.3) is 0 Å². The van der Waals surface area contributed by atoms with Crippen LogP contribution >= 0.6 is 27.5 Å². The van der Waals surface area contributed by atoms with E-state index in [2.05, 4.69) is 37.4 Å². The van der Waals surface area contributed by atoms with Gasteiger partial charge >= 0.3 is 0 Å². The molecule has 2 heterocycles. The fourth-order valence-electron chi connectivity index (χ4n) is 1.82. The minimum absolute atomic E-state index is 0.0531. The number of rotatable bonds is 5. The highest BCUT2D eigenvalue weighted by atomic mass is 79.9. The SMILES string of the molecule is CCCc1nnsc1C(N)Cc1cncc(Br)c1. The lowest BCUT2D eigenvalue weighted by Crippen LogP contribution is -2.14. The molecule has 0 spiro atoms. The predicted octanol–water partition coefficient (Wildman–Crippen LogP) is 2.89. The Kier molecular flexibility index (Phi) is 4.79. The molecule has 2 aromatic rings. The maximum absolute atomic E-state index is 6.24. The van der Waals surface area contributed by atoms with Crippen LogP contribution in [-0.2, 0) is 12.8 Å². The lowest BCUT2D eigenvalue weighted by Gasteiger charge is -2.10. The van der Waals surface area contributed by atoms with E-state index in [4.69, 9.17) is 5.73 Å². The number of halogens is 1. The van der Waals surface area contributed by atoms with E-state index in [0.717, 1.165) is 39.9 Å². The maximum atomic E-state index is 6.24. The third kappa shape index (κ3) is 3.34. The van der Waals surface area contributed by atoms with Crippen molar-refractivity contribution < 1.29 is 0 Å². The second-order valence-corrected chi connectivity index (χ2v) is 5.86. The summed E-state index contributed by atoms with van der Waals surface area (Å²) in [6.07, 6.45) is 6.37. The zero-order valence-electron chi connectivity index (χ0n) is 10.1. The molecule has 96 valence electrons. The van der Waals surface area contributed by atoms with Crippen molar-refractivity contribution in [2.75, 3.05) is 0 Å². The van der Waals surface area contributed by atoms with Gasteiger partial charge in [-0.2, -0.15) is 0 Å². The molecule has 0 aliphatic heterocycles. The standard InChI is InChI=1S/C12H15BrN4S/c1-2-3-11-12(18-17-16-11)10(14)5-8-4-9(13)7-15-6-8/h4,6-7,10H,2-3,5,14H2,1H3. The smallest absolute Gasteiger partial charge is 0.0803 e. The largest absolute Gasteiger partial charge is 0.323 e. The molecule has 0 aromatic carbocycles. The molecule has 0 radical (unpaired) electrons. The summed E-state index contributed by atoms with van der Waals surface area (Å²) in [6.45, 7) is 2.13. The Hall–Kier alpha value is -0.850. The zero-order valence-corrected chi connectivity index (χ0v) is 12.5. The van der Waals surface area contributed by atoms with Crippen LogP contribution in [0.1, 0.15) is 35.5 Å². The van der Waals surface area contributed by atoms with E-state index in [-0.39, 0.29) is 6.04 Å². The van der Waals surface area contributed by atoms with Crippen LogP contribution in [-0.4, -0.2) is 14.6 Å². The molecule has 0 saturated carbocycles. The average molecular weight is 327 g/mol. The van der Waals surface area contributed by atoms with E-state index >= 15 is 0 Å². The number of hydrogen-bond acceptors (Lipinski definition) is 5. The first kappa shape index (κ1) is 13.6. The average Bonchev–Trinajstić information content (AvgIpc) is 2.78. The van der Waals surface area contributed by atoms with Crippen molar-refractivity contribution in [1.29, 1.82) is 0 Å². The number of hydrogen-bond donors (Lipinski definition) is 1. The van der Waals surface area contributed by atoms with E-state index in [1.54, 1.807) is 6.20 Å². The van der Waals surface area contributed by atoms with Gasteiger partial charge in [-0.25, -0.2) is 0 Å². The lowest BCUT2D eigenvalue weighted by atomic mass is 10.0. The summed E-state index contributed by atoms with van der Waals surface area (Å²) in [7, 11) is 0. The second-order valence-electron chi connectivity index (χ2n) is 4.16. The van der Waals surface area contributed by atoms with Crippen molar-refractivity contribution >= 4 is 27.5 Å². The van der Waals surface area contributed by atoms with Gasteiger partial charge in [-0.3, -0.25) is 4.98 Å². The first-order chi connectivity index (χ1) is 8.70. The van der Waals surface area contributed by atoms with Crippen LogP contribution in [0, 0.1) is 0 Å². The normalized spacial score (nSPS) is 12.6. The molecule has 4 nitrogen and oxygen atoms in total. The molecule has 0 amide bonds. The van der Waals surface area contributed by atoms with Crippen molar-refractivity contribution in [3.8, 4) is 0 Å². The van der Waals surface area contributed by atoms with Crippen LogP contribution < -0.4 is 5.73 Å². The van der Waals surface area contributed by atoms with Gasteiger partial charge in [-0.05, 0) is 51.9 Å². The molecule has 2 aromatic heterocycles. The molecular weight excluding hydrogens is 312 g/mol. The third-order valence-corrected chi connectivity index (χ3v) is 3.96. The highest BCUT2D eigenvalue weighted by molar-refractivity contribution is 9.10. The molecule has 0 saturated heterocycles. The Labute approximate surface area is 119 Å². The minimum atomic E-state index is -0.0531. The van der Waals surface area contributed by atoms with Gasteiger partial charge < -0.3 is 5.73 Å². The van der Waals surface area contributed by atoms with E-state index in [9.17, 15) is 0 Å². The molecule has 6 heteroatoms. The summed E-state index contributed by atoms with van der Waals surface area (Å²) in [5, 5.41) is 4.15. The first-order valence-corrected chi connectivity index (χ1v) is 7.43.